The van der Waals surface area contributed by atoms with Crippen LogP contribution in [0, 0.1) is 0 Å². The molecule has 1 heterocycles. The second-order valence-corrected chi connectivity index (χ2v) is 3.26. The zero-order chi connectivity index (χ0) is 8.55. The van der Waals surface area contributed by atoms with Crippen molar-refractivity contribution in [2.24, 2.45) is 0 Å². The van der Waals surface area contributed by atoms with Crippen LogP contribution in [0.25, 0.3) is 5.57 Å². The van der Waals surface area contributed by atoms with Crippen molar-refractivity contribution < 1.29 is 0 Å². The molecule has 1 aliphatic rings. The van der Waals surface area contributed by atoms with Crippen LogP contribution in [0.15, 0.2) is 30.0 Å². The van der Waals surface area contributed by atoms with Crippen LogP contribution in [-0.4, -0.2) is 0 Å². The first-order valence-corrected chi connectivity index (χ1v) is 4.28. The molecule has 12 heavy (non-hydrogen) atoms. The quantitative estimate of drug-likeness (QED) is 0.613. The maximum atomic E-state index is 3.37. The van der Waals surface area contributed by atoms with Crippen LogP contribution in [0.5, 0.6) is 0 Å². The minimum absolute atomic E-state index is 0.972. The molecular formula is C11H13N. The van der Waals surface area contributed by atoms with Crippen LogP contribution < -0.4 is 5.32 Å². The second kappa shape index (κ2) is 2.67. The first-order chi connectivity index (χ1) is 5.79. The van der Waals surface area contributed by atoms with E-state index in [1.165, 1.54) is 22.4 Å². The number of nitrogens with one attached hydrogen (secondary N) is 1. The van der Waals surface area contributed by atoms with E-state index >= 15 is 0 Å². The summed E-state index contributed by atoms with van der Waals surface area (Å²) in [5, 5.41) is 3.37. The van der Waals surface area contributed by atoms with Gasteiger partial charge in [0.1, 0.15) is 0 Å². The molecule has 2 rings (SSSR count). The zero-order valence-corrected chi connectivity index (χ0v) is 7.52. The van der Waals surface area contributed by atoms with E-state index in [0.29, 0.717) is 0 Å². The van der Waals surface area contributed by atoms with Crippen molar-refractivity contribution in [3.8, 4) is 0 Å². The van der Waals surface area contributed by atoms with Crippen LogP contribution in [0.2, 0.25) is 0 Å². The third kappa shape index (κ3) is 1.02. The second-order valence-electron chi connectivity index (χ2n) is 3.26. The van der Waals surface area contributed by atoms with Crippen molar-refractivity contribution in [2.45, 2.75) is 20.4 Å². The van der Waals surface area contributed by atoms with E-state index in [4.69, 9.17) is 0 Å². The summed E-state index contributed by atoms with van der Waals surface area (Å²) in [5.41, 5.74) is 5.47. The van der Waals surface area contributed by atoms with Gasteiger partial charge in [-0.05, 0) is 30.5 Å². The molecule has 1 nitrogen and oxygen atoms in total. The third-order valence-corrected chi connectivity index (χ3v) is 2.53. The maximum Gasteiger partial charge on any atom is 0.0403 e. The highest BCUT2D eigenvalue weighted by Crippen LogP contribution is 2.24. The van der Waals surface area contributed by atoms with Crippen LogP contribution in [0.4, 0.5) is 0 Å². The molecule has 1 heteroatoms. The SMILES string of the molecule is CC1=C(C)c2ccccc2CN1. The van der Waals surface area contributed by atoms with Crippen molar-refractivity contribution >= 4 is 5.57 Å². The first kappa shape index (κ1) is 7.41. The Morgan fingerprint density at radius 1 is 1.17 bits per heavy atom. The normalized spacial score (nSPS) is 15.5. The van der Waals surface area contributed by atoms with Gasteiger partial charge in [-0.15, -0.1) is 0 Å². The van der Waals surface area contributed by atoms with Gasteiger partial charge in [-0.3, -0.25) is 0 Å². The number of allylic oxidation sites excluding steroid dienone is 2. The number of fused-ring (bicyclic) bond motifs is 1. The molecule has 0 atom stereocenters. The standard InChI is InChI=1S/C11H13N/c1-8-9(2)12-7-10-5-3-4-6-11(8)10/h3-6,12H,7H2,1-2H3. The lowest BCUT2D eigenvalue weighted by Gasteiger charge is -2.20. The summed E-state index contributed by atoms with van der Waals surface area (Å²) in [6.07, 6.45) is 0. The third-order valence-electron chi connectivity index (χ3n) is 2.53. The monoisotopic (exact) mass is 159 g/mol. The molecule has 1 aromatic rings. The predicted octanol–water partition coefficient (Wildman–Crippen LogP) is 2.54. The van der Waals surface area contributed by atoms with Crippen molar-refractivity contribution in [1.29, 1.82) is 0 Å². The van der Waals surface area contributed by atoms with Gasteiger partial charge in [0, 0.05) is 12.2 Å². The fraction of sp³-hybridized carbons (Fsp3) is 0.273. The summed E-state index contributed by atoms with van der Waals surface area (Å²) in [6.45, 7) is 5.27. The average molecular weight is 159 g/mol. The van der Waals surface area contributed by atoms with E-state index in [0.717, 1.165) is 6.54 Å². The molecule has 0 unspecified atom stereocenters. The summed E-state index contributed by atoms with van der Waals surface area (Å²) in [6, 6.07) is 8.56. The maximum absolute atomic E-state index is 3.37. The highest BCUT2D eigenvalue weighted by molar-refractivity contribution is 5.70. The summed E-state index contributed by atoms with van der Waals surface area (Å²) in [7, 11) is 0. The Morgan fingerprint density at radius 2 is 1.92 bits per heavy atom. The van der Waals surface area contributed by atoms with E-state index in [2.05, 4.69) is 43.4 Å². The van der Waals surface area contributed by atoms with Gasteiger partial charge in [-0.2, -0.15) is 0 Å². The van der Waals surface area contributed by atoms with Gasteiger partial charge in [0.2, 0.25) is 0 Å². The summed E-state index contributed by atoms with van der Waals surface area (Å²) >= 11 is 0. The van der Waals surface area contributed by atoms with Crippen LogP contribution in [0.1, 0.15) is 25.0 Å². The molecule has 62 valence electrons. The molecular weight excluding hydrogens is 146 g/mol. The van der Waals surface area contributed by atoms with Gasteiger partial charge in [0.25, 0.3) is 0 Å². The van der Waals surface area contributed by atoms with E-state index < -0.39 is 0 Å². The lowest BCUT2D eigenvalue weighted by atomic mass is 9.96. The Hall–Kier alpha value is -1.24. The molecule has 1 aliphatic heterocycles. The molecule has 0 fully saturated rings. The van der Waals surface area contributed by atoms with Crippen molar-refractivity contribution in [3.05, 3.63) is 41.1 Å². The molecule has 1 aromatic carbocycles. The average Bonchev–Trinajstić information content (AvgIpc) is 2.12. The minimum atomic E-state index is 0.972. The molecule has 1 N–H and O–H groups in total. The molecule has 0 aromatic heterocycles. The minimum Gasteiger partial charge on any atom is -0.384 e. The van der Waals surface area contributed by atoms with E-state index in [9.17, 15) is 0 Å². The van der Waals surface area contributed by atoms with Crippen LogP contribution in [0.3, 0.4) is 0 Å². The van der Waals surface area contributed by atoms with Crippen molar-refractivity contribution in [1.82, 2.24) is 5.32 Å². The van der Waals surface area contributed by atoms with E-state index in [1.54, 1.807) is 0 Å². The summed E-state index contributed by atoms with van der Waals surface area (Å²) < 4.78 is 0. The van der Waals surface area contributed by atoms with Crippen molar-refractivity contribution in [3.63, 3.8) is 0 Å². The number of benzene rings is 1. The number of hydrogen-bond donors (Lipinski definition) is 1. The molecule has 0 bridgehead atoms. The Balaban J connectivity index is 2.59. The smallest absolute Gasteiger partial charge is 0.0403 e. The van der Waals surface area contributed by atoms with Crippen LogP contribution >= 0.6 is 0 Å². The molecule has 0 saturated heterocycles. The predicted molar refractivity (Wildman–Crippen MR) is 51.5 cm³/mol. The lowest BCUT2D eigenvalue weighted by Crippen LogP contribution is -2.17. The van der Waals surface area contributed by atoms with Gasteiger partial charge in [0.15, 0.2) is 0 Å². The molecule has 0 saturated carbocycles. The van der Waals surface area contributed by atoms with E-state index in [1.807, 2.05) is 0 Å². The number of hydrogen-bond acceptors (Lipinski definition) is 1. The molecule has 0 aliphatic carbocycles. The Kier molecular flexibility index (Phi) is 1.65. The van der Waals surface area contributed by atoms with Gasteiger partial charge in [0.05, 0.1) is 0 Å². The highest BCUT2D eigenvalue weighted by Gasteiger charge is 2.10. The fourth-order valence-corrected chi connectivity index (χ4v) is 1.60. The van der Waals surface area contributed by atoms with Gasteiger partial charge >= 0.3 is 0 Å². The molecule has 0 radical (unpaired) electrons. The number of rotatable bonds is 0. The Labute approximate surface area is 73.1 Å². The molecule has 0 spiro atoms. The van der Waals surface area contributed by atoms with Crippen molar-refractivity contribution in [2.75, 3.05) is 0 Å². The van der Waals surface area contributed by atoms with Gasteiger partial charge < -0.3 is 5.32 Å². The Bertz CT molecular complexity index is 337. The highest BCUT2D eigenvalue weighted by atomic mass is 14.9. The lowest BCUT2D eigenvalue weighted by molar-refractivity contribution is 0.794. The largest absolute Gasteiger partial charge is 0.384 e. The summed E-state index contributed by atoms with van der Waals surface area (Å²) in [4.78, 5) is 0. The zero-order valence-electron chi connectivity index (χ0n) is 7.52. The summed E-state index contributed by atoms with van der Waals surface area (Å²) in [5.74, 6) is 0. The van der Waals surface area contributed by atoms with E-state index in [-0.39, 0.29) is 0 Å². The first-order valence-electron chi connectivity index (χ1n) is 4.28. The molecule has 0 amide bonds. The Morgan fingerprint density at radius 3 is 2.75 bits per heavy atom. The fourth-order valence-electron chi connectivity index (χ4n) is 1.60. The van der Waals surface area contributed by atoms with Crippen LogP contribution in [-0.2, 0) is 6.54 Å². The van der Waals surface area contributed by atoms with Gasteiger partial charge in [-0.1, -0.05) is 24.3 Å². The van der Waals surface area contributed by atoms with Gasteiger partial charge in [-0.25, -0.2) is 0 Å². The topological polar surface area (TPSA) is 12.0 Å².